The average molecular weight is 332 g/mol. The number of halogens is 1. The van der Waals surface area contributed by atoms with Gasteiger partial charge in [-0.25, -0.2) is 9.18 Å². The zero-order valence-electron chi connectivity index (χ0n) is 13.8. The largest absolute Gasteiger partial charge is 0.336 e. The van der Waals surface area contributed by atoms with Gasteiger partial charge in [0.2, 0.25) is 5.91 Å². The number of benzene rings is 1. The van der Waals surface area contributed by atoms with Gasteiger partial charge in [0, 0.05) is 38.7 Å². The molecule has 1 N–H and O–H groups in total. The Kier molecular flexibility index (Phi) is 5.74. The summed E-state index contributed by atoms with van der Waals surface area (Å²) in [5.41, 5.74) is 0.161. The first kappa shape index (κ1) is 17.7. The van der Waals surface area contributed by atoms with Crippen LogP contribution in [0.15, 0.2) is 24.3 Å². The van der Waals surface area contributed by atoms with Crippen molar-refractivity contribution in [2.24, 2.45) is 5.92 Å². The minimum absolute atomic E-state index is 0.0740. The van der Waals surface area contributed by atoms with Gasteiger partial charge in [-0.1, -0.05) is 18.2 Å². The van der Waals surface area contributed by atoms with Gasteiger partial charge in [0.1, 0.15) is 11.9 Å². The highest BCUT2D eigenvalue weighted by Crippen LogP contribution is 2.21. The molecule has 1 atom stereocenters. The number of piperidine rings is 1. The fourth-order valence-corrected chi connectivity index (χ4v) is 2.76. The molecule has 0 bridgehead atoms. The van der Waals surface area contributed by atoms with Crippen molar-refractivity contribution in [3.05, 3.63) is 35.6 Å². The molecule has 3 amide bonds. The smallest absolute Gasteiger partial charge is 0.319 e. The van der Waals surface area contributed by atoms with Gasteiger partial charge in [0.05, 0.1) is 6.07 Å². The van der Waals surface area contributed by atoms with E-state index in [1.165, 1.54) is 23.1 Å². The third kappa shape index (κ3) is 4.02. The van der Waals surface area contributed by atoms with Crippen LogP contribution in [0.2, 0.25) is 0 Å². The zero-order chi connectivity index (χ0) is 17.7. The van der Waals surface area contributed by atoms with Crippen LogP contribution in [-0.2, 0) is 4.79 Å². The number of carbonyl (C=O) groups excluding carboxylic acids is 2. The summed E-state index contributed by atoms with van der Waals surface area (Å²) in [7, 11) is 3.38. The zero-order valence-corrected chi connectivity index (χ0v) is 13.8. The number of rotatable bonds is 3. The summed E-state index contributed by atoms with van der Waals surface area (Å²) < 4.78 is 13.8. The van der Waals surface area contributed by atoms with Crippen LogP contribution in [0.4, 0.5) is 9.18 Å². The Morgan fingerprint density at radius 2 is 1.96 bits per heavy atom. The Balaban J connectivity index is 1.95. The Morgan fingerprint density at radius 3 is 2.50 bits per heavy atom. The Bertz CT molecular complexity index is 648. The highest BCUT2D eigenvalue weighted by atomic mass is 19.1. The fraction of sp³-hybridized carbons (Fsp3) is 0.471. The number of hydrogen-bond acceptors (Lipinski definition) is 3. The van der Waals surface area contributed by atoms with Crippen LogP contribution in [0.25, 0.3) is 0 Å². The lowest BCUT2D eigenvalue weighted by Gasteiger charge is -2.33. The Hall–Kier alpha value is -2.62. The summed E-state index contributed by atoms with van der Waals surface area (Å²) in [5.74, 6) is -1.07. The van der Waals surface area contributed by atoms with Crippen LogP contribution in [0, 0.1) is 23.1 Å². The van der Waals surface area contributed by atoms with Gasteiger partial charge in [0.15, 0.2) is 0 Å². The van der Waals surface area contributed by atoms with Crippen molar-refractivity contribution in [3.63, 3.8) is 0 Å². The molecule has 128 valence electrons. The maximum atomic E-state index is 13.8. The van der Waals surface area contributed by atoms with E-state index in [1.807, 2.05) is 6.07 Å². The molecule has 1 aromatic rings. The number of nitrogens with one attached hydrogen (secondary N) is 1. The summed E-state index contributed by atoms with van der Waals surface area (Å²) in [6.07, 6.45) is 1.06. The molecule has 1 aliphatic heterocycles. The molecule has 0 aromatic heterocycles. The monoisotopic (exact) mass is 332 g/mol. The van der Waals surface area contributed by atoms with Gasteiger partial charge in [0.25, 0.3) is 0 Å². The van der Waals surface area contributed by atoms with E-state index in [-0.39, 0.29) is 23.4 Å². The molecule has 2 rings (SSSR count). The van der Waals surface area contributed by atoms with E-state index in [0.29, 0.717) is 25.9 Å². The number of likely N-dealkylation sites (tertiary alicyclic amines) is 1. The number of hydrogen-bond donors (Lipinski definition) is 1. The topological polar surface area (TPSA) is 76.4 Å². The maximum absolute atomic E-state index is 13.8. The van der Waals surface area contributed by atoms with Gasteiger partial charge in [-0.15, -0.1) is 0 Å². The van der Waals surface area contributed by atoms with Crippen LogP contribution in [0.3, 0.4) is 0 Å². The second-order valence-electron chi connectivity index (χ2n) is 6.03. The van der Waals surface area contributed by atoms with Gasteiger partial charge in [-0.05, 0) is 18.9 Å². The maximum Gasteiger partial charge on any atom is 0.319 e. The van der Waals surface area contributed by atoms with Gasteiger partial charge >= 0.3 is 6.03 Å². The first-order valence-electron chi connectivity index (χ1n) is 7.84. The first-order valence-corrected chi connectivity index (χ1v) is 7.84. The number of urea groups is 1. The summed E-state index contributed by atoms with van der Waals surface area (Å²) in [4.78, 5) is 27.5. The van der Waals surface area contributed by atoms with E-state index in [2.05, 4.69) is 5.32 Å². The van der Waals surface area contributed by atoms with Crippen molar-refractivity contribution in [2.45, 2.75) is 18.9 Å². The molecule has 1 unspecified atom stereocenters. The van der Waals surface area contributed by atoms with Crippen molar-refractivity contribution in [1.82, 2.24) is 15.1 Å². The van der Waals surface area contributed by atoms with E-state index >= 15 is 0 Å². The molecule has 1 heterocycles. The average Bonchev–Trinajstić information content (AvgIpc) is 2.59. The first-order chi connectivity index (χ1) is 11.4. The molecule has 1 aromatic carbocycles. The van der Waals surface area contributed by atoms with Crippen LogP contribution >= 0.6 is 0 Å². The Labute approximate surface area is 140 Å². The lowest BCUT2D eigenvalue weighted by Crippen LogP contribution is -2.46. The lowest BCUT2D eigenvalue weighted by molar-refractivity contribution is -0.126. The quantitative estimate of drug-likeness (QED) is 0.918. The minimum atomic E-state index is -1.01. The minimum Gasteiger partial charge on any atom is -0.336 e. The third-order valence-corrected chi connectivity index (χ3v) is 4.15. The van der Waals surface area contributed by atoms with E-state index in [0.717, 1.165) is 0 Å². The fourth-order valence-electron chi connectivity index (χ4n) is 2.76. The molecule has 6 nitrogen and oxygen atoms in total. The van der Waals surface area contributed by atoms with Crippen LogP contribution in [0.5, 0.6) is 0 Å². The van der Waals surface area contributed by atoms with Crippen LogP contribution in [0.1, 0.15) is 24.4 Å². The van der Waals surface area contributed by atoms with Crippen LogP contribution < -0.4 is 5.32 Å². The summed E-state index contributed by atoms with van der Waals surface area (Å²) in [6.45, 7) is 0.984. The molecule has 24 heavy (non-hydrogen) atoms. The lowest BCUT2D eigenvalue weighted by atomic mass is 9.95. The van der Waals surface area contributed by atoms with Crippen molar-refractivity contribution in [2.75, 3.05) is 27.2 Å². The molecule has 0 radical (unpaired) electrons. The SMILES string of the molecule is CN(C)C(=O)N1CCC(C(=O)NC(C#N)c2ccccc2F)CC1. The molecule has 1 fully saturated rings. The second-order valence-corrected chi connectivity index (χ2v) is 6.03. The molecule has 1 aliphatic rings. The van der Waals surface area contributed by atoms with E-state index in [9.17, 15) is 19.2 Å². The predicted molar refractivity (Wildman–Crippen MR) is 86.3 cm³/mol. The number of nitriles is 1. The molecule has 0 spiro atoms. The third-order valence-electron chi connectivity index (χ3n) is 4.15. The number of nitrogens with zero attached hydrogens (tertiary/aromatic N) is 3. The van der Waals surface area contributed by atoms with Crippen molar-refractivity contribution < 1.29 is 14.0 Å². The summed E-state index contributed by atoms with van der Waals surface area (Å²) in [6, 6.07) is 6.75. The molecular weight excluding hydrogens is 311 g/mol. The van der Waals surface area contributed by atoms with Crippen LogP contribution in [-0.4, -0.2) is 48.9 Å². The van der Waals surface area contributed by atoms with E-state index in [4.69, 9.17) is 0 Å². The molecule has 0 aliphatic carbocycles. The van der Waals surface area contributed by atoms with E-state index < -0.39 is 11.9 Å². The molecule has 7 heteroatoms. The number of amides is 3. The van der Waals surface area contributed by atoms with Crippen molar-refractivity contribution >= 4 is 11.9 Å². The summed E-state index contributed by atoms with van der Waals surface area (Å²) >= 11 is 0. The van der Waals surface area contributed by atoms with Gasteiger partial charge < -0.3 is 15.1 Å². The normalized spacial score (nSPS) is 16.2. The van der Waals surface area contributed by atoms with Crippen molar-refractivity contribution in [3.8, 4) is 6.07 Å². The second kappa shape index (κ2) is 7.77. The van der Waals surface area contributed by atoms with E-state index in [1.54, 1.807) is 25.1 Å². The Morgan fingerprint density at radius 1 is 1.33 bits per heavy atom. The van der Waals surface area contributed by atoms with Crippen molar-refractivity contribution in [1.29, 1.82) is 5.26 Å². The standard InChI is InChI=1S/C17H21FN4O2/c1-21(2)17(24)22-9-7-12(8-10-22)16(23)20-15(11-19)13-5-3-4-6-14(13)18/h3-6,12,15H,7-10H2,1-2H3,(H,20,23). The molecule has 1 saturated heterocycles. The van der Waals surface area contributed by atoms with Gasteiger partial charge in [-0.3, -0.25) is 4.79 Å². The molecular formula is C17H21FN4O2. The predicted octanol–water partition coefficient (Wildman–Crippen LogP) is 1.90. The van der Waals surface area contributed by atoms with Gasteiger partial charge in [-0.2, -0.15) is 5.26 Å². The summed E-state index contributed by atoms with van der Waals surface area (Å²) in [5, 5.41) is 11.8. The molecule has 0 saturated carbocycles. The highest BCUT2D eigenvalue weighted by molar-refractivity contribution is 5.80. The highest BCUT2D eigenvalue weighted by Gasteiger charge is 2.29. The number of carbonyl (C=O) groups is 2.